The van der Waals surface area contributed by atoms with Crippen LogP contribution in [-0.2, 0) is 11.8 Å². The van der Waals surface area contributed by atoms with Crippen LogP contribution in [0.25, 0.3) is 11.1 Å². The molecule has 1 amide bonds. The molecule has 1 aromatic heterocycles. The van der Waals surface area contributed by atoms with Crippen molar-refractivity contribution in [3.63, 3.8) is 0 Å². The molecular weight excluding hydrogens is 495 g/mol. The van der Waals surface area contributed by atoms with E-state index in [2.05, 4.69) is 57.1 Å². The highest BCUT2D eigenvalue weighted by molar-refractivity contribution is 6.16. The number of nitrogens with one attached hydrogen (secondary N) is 1. The summed E-state index contributed by atoms with van der Waals surface area (Å²) in [6.07, 6.45) is -3.99. The Balaban J connectivity index is 1.43. The highest BCUT2D eigenvalue weighted by Crippen LogP contribution is 2.40. The number of nitrogens with zero attached hydrogens (tertiary/aromatic N) is 4. The van der Waals surface area contributed by atoms with Crippen molar-refractivity contribution in [2.45, 2.75) is 58.5 Å². The monoisotopic (exact) mass is 525 g/mol. The topological polar surface area (TPSA) is 71.8 Å². The van der Waals surface area contributed by atoms with E-state index in [0.29, 0.717) is 19.4 Å². The SMILES string of the molecule is Cc1ccc(-c2c(C)nn(C)c2C)cc1N1CC[C@]2(C[C@@H]1C)N=C(c1ccccc1OC(F)(F)F)NC2=O. The van der Waals surface area contributed by atoms with Crippen molar-refractivity contribution in [1.82, 2.24) is 15.1 Å². The first-order valence-corrected chi connectivity index (χ1v) is 12.5. The molecule has 38 heavy (non-hydrogen) atoms. The second-order valence-electron chi connectivity index (χ2n) is 10.2. The number of piperidine rings is 1. The van der Waals surface area contributed by atoms with Crippen molar-refractivity contribution >= 4 is 17.4 Å². The number of halogens is 3. The summed E-state index contributed by atoms with van der Waals surface area (Å²) >= 11 is 0. The van der Waals surface area contributed by atoms with Crippen LogP contribution in [0, 0.1) is 20.8 Å². The maximum atomic E-state index is 13.2. The standard InChI is InChI=1S/C28H30F3N5O2/c1-16-10-11-20(24-18(3)34-35(5)19(24)4)14-22(16)36-13-12-27(15-17(36)2)26(37)32-25(33-27)21-8-6-7-9-23(21)38-28(29,30)31/h6-11,14,17H,12-13,15H2,1-5H3,(H,32,33,37)/t17-,27+/m0/s1. The maximum Gasteiger partial charge on any atom is 0.573 e. The lowest BCUT2D eigenvalue weighted by molar-refractivity contribution is -0.274. The summed E-state index contributed by atoms with van der Waals surface area (Å²) in [6, 6.07) is 12.1. The first-order valence-electron chi connectivity index (χ1n) is 12.5. The third-order valence-corrected chi connectivity index (χ3v) is 7.60. The summed E-state index contributed by atoms with van der Waals surface area (Å²) in [6.45, 7) is 8.74. The minimum Gasteiger partial charge on any atom is -0.405 e. The Hall–Kier alpha value is -3.82. The lowest BCUT2D eigenvalue weighted by Crippen LogP contribution is -2.53. The Morgan fingerprint density at radius 2 is 1.87 bits per heavy atom. The van der Waals surface area contributed by atoms with E-state index >= 15 is 0 Å². The third-order valence-electron chi connectivity index (χ3n) is 7.60. The lowest BCUT2D eigenvalue weighted by Gasteiger charge is -2.42. The predicted octanol–water partition coefficient (Wildman–Crippen LogP) is 5.22. The lowest BCUT2D eigenvalue weighted by atomic mass is 9.83. The predicted molar refractivity (Wildman–Crippen MR) is 139 cm³/mol. The molecule has 1 N–H and O–H groups in total. The van der Waals surface area contributed by atoms with Crippen molar-refractivity contribution < 1.29 is 22.7 Å². The quantitative estimate of drug-likeness (QED) is 0.507. The zero-order chi connectivity index (χ0) is 27.4. The van der Waals surface area contributed by atoms with E-state index in [1.54, 1.807) is 6.07 Å². The number of para-hydroxylation sites is 1. The van der Waals surface area contributed by atoms with E-state index in [9.17, 15) is 18.0 Å². The van der Waals surface area contributed by atoms with Crippen molar-refractivity contribution in [3.05, 3.63) is 65.0 Å². The molecule has 0 bridgehead atoms. The van der Waals surface area contributed by atoms with Crippen LogP contribution in [0.3, 0.4) is 0 Å². The van der Waals surface area contributed by atoms with Gasteiger partial charge in [-0.1, -0.05) is 24.3 Å². The minimum atomic E-state index is -4.85. The normalized spacial score (nSPS) is 21.6. The van der Waals surface area contributed by atoms with Crippen LogP contribution >= 0.6 is 0 Å². The number of rotatable bonds is 4. The van der Waals surface area contributed by atoms with E-state index in [4.69, 9.17) is 0 Å². The van der Waals surface area contributed by atoms with Crippen LogP contribution in [0.2, 0.25) is 0 Å². The zero-order valence-corrected chi connectivity index (χ0v) is 22.0. The van der Waals surface area contributed by atoms with Gasteiger partial charge in [-0.3, -0.25) is 14.5 Å². The number of carbonyl (C=O) groups is 1. The minimum absolute atomic E-state index is 0.0377. The summed E-state index contributed by atoms with van der Waals surface area (Å²) in [4.78, 5) is 20.2. The Bertz CT molecular complexity index is 1440. The van der Waals surface area contributed by atoms with Gasteiger partial charge in [-0.25, -0.2) is 0 Å². The molecule has 1 spiro atoms. The Labute approximate surface area is 219 Å². The van der Waals surface area contributed by atoms with Gasteiger partial charge in [0.1, 0.15) is 17.1 Å². The molecule has 2 aliphatic rings. The van der Waals surface area contributed by atoms with E-state index in [1.165, 1.54) is 18.2 Å². The third kappa shape index (κ3) is 4.52. The number of carbonyl (C=O) groups excluding carboxylic acids is 1. The number of ether oxygens (including phenoxy) is 1. The number of hydrogen-bond donors (Lipinski definition) is 1. The van der Waals surface area contributed by atoms with Crippen molar-refractivity contribution in [1.29, 1.82) is 0 Å². The van der Waals surface area contributed by atoms with Crippen LogP contribution in [-0.4, -0.2) is 46.0 Å². The van der Waals surface area contributed by atoms with Gasteiger partial charge in [-0.05, 0) is 63.4 Å². The maximum absolute atomic E-state index is 13.2. The van der Waals surface area contributed by atoms with Gasteiger partial charge in [-0.15, -0.1) is 13.2 Å². The first kappa shape index (κ1) is 25.8. The summed E-state index contributed by atoms with van der Waals surface area (Å²) in [5.41, 5.74) is 5.51. The molecule has 3 aromatic rings. The summed E-state index contributed by atoms with van der Waals surface area (Å²) in [5, 5.41) is 7.28. The number of anilines is 1. The Morgan fingerprint density at radius 1 is 1.13 bits per heavy atom. The molecule has 200 valence electrons. The molecule has 1 saturated heterocycles. The molecule has 0 unspecified atom stereocenters. The average Bonchev–Trinajstić information content (AvgIpc) is 3.28. The second kappa shape index (κ2) is 9.18. The number of benzene rings is 2. The second-order valence-corrected chi connectivity index (χ2v) is 10.2. The van der Waals surface area contributed by atoms with Gasteiger partial charge in [-0.2, -0.15) is 5.10 Å². The molecule has 1 fully saturated rings. The zero-order valence-electron chi connectivity index (χ0n) is 22.0. The molecule has 10 heteroatoms. The summed E-state index contributed by atoms with van der Waals surface area (Å²) in [7, 11) is 1.93. The van der Waals surface area contributed by atoms with E-state index in [1.807, 2.05) is 25.6 Å². The van der Waals surface area contributed by atoms with Gasteiger partial charge < -0.3 is 15.0 Å². The molecule has 0 radical (unpaired) electrons. The summed E-state index contributed by atoms with van der Waals surface area (Å²) < 4.78 is 44.9. The molecule has 2 aromatic carbocycles. The molecule has 7 nitrogen and oxygen atoms in total. The van der Waals surface area contributed by atoms with Gasteiger partial charge in [0.2, 0.25) is 0 Å². The fraction of sp³-hybridized carbons (Fsp3) is 0.393. The van der Waals surface area contributed by atoms with Crippen LogP contribution in [0.5, 0.6) is 5.75 Å². The average molecular weight is 526 g/mol. The van der Waals surface area contributed by atoms with Crippen molar-refractivity contribution in [3.8, 4) is 16.9 Å². The van der Waals surface area contributed by atoms with Crippen molar-refractivity contribution in [2.75, 3.05) is 11.4 Å². The number of aryl methyl sites for hydroxylation is 3. The first-order chi connectivity index (χ1) is 17.9. The number of aromatic nitrogens is 2. The molecule has 0 aliphatic carbocycles. The van der Waals surface area contributed by atoms with Gasteiger partial charge in [0.15, 0.2) is 0 Å². The van der Waals surface area contributed by atoms with Crippen LogP contribution in [0.4, 0.5) is 18.9 Å². The highest BCUT2D eigenvalue weighted by Gasteiger charge is 2.49. The van der Waals surface area contributed by atoms with Gasteiger partial charge >= 0.3 is 6.36 Å². The Kier molecular flexibility index (Phi) is 6.24. The number of aliphatic imine (C=N–C) groups is 1. The molecular formula is C28H30F3N5O2. The van der Waals surface area contributed by atoms with Crippen molar-refractivity contribution in [2.24, 2.45) is 12.0 Å². The van der Waals surface area contributed by atoms with Gasteiger partial charge in [0.25, 0.3) is 5.91 Å². The number of alkyl halides is 3. The molecule has 2 atom stereocenters. The summed E-state index contributed by atoms with van der Waals surface area (Å²) in [5.74, 6) is -0.584. The fourth-order valence-corrected chi connectivity index (χ4v) is 5.68. The van der Waals surface area contributed by atoms with E-state index < -0.39 is 17.7 Å². The molecule has 3 heterocycles. The van der Waals surface area contributed by atoms with Crippen LogP contribution in [0.15, 0.2) is 47.5 Å². The number of amidine groups is 1. The van der Waals surface area contributed by atoms with Crippen LogP contribution < -0.4 is 15.0 Å². The molecule has 0 saturated carbocycles. The fourth-order valence-electron chi connectivity index (χ4n) is 5.68. The van der Waals surface area contributed by atoms with E-state index in [-0.39, 0.29) is 23.3 Å². The molecule has 5 rings (SSSR count). The largest absolute Gasteiger partial charge is 0.573 e. The van der Waals surface area contributed by atoms with Gasteiger partial charge in [0, 0.05) is 43.0 Å². The van der Waals surface area contributed by atoms with Gasteiger partial charge in [0.05, 0.1) is 11.3 Å². The van der Waals surface area contributed by atoms with E-state index in [0.717, 1.165) is 33.8 Å². The number of hydrogen-bond acceptors (Lipinski definition) is 5. The number of amides is 1. The Morgan fingerprint density at radius 3 is 2.53 bits per heavy atom. The highest BCUT2D eigenvalue weighted by atomic mass is 19.4. The smallest absolute Gasteiger partial charge is 0.405 e. The van der Waals surface area contributed by atoms with Crippen LogP contribution in [0.1, 0.15) is 42.3 Å². The molecule has 2 aliphatic heterocycles.